The molecule has 1 aliphatic carbocycles. The summed E-state index contributed by atoms with van der Waals surface area (Å²) in [5, 5.41) is 1.57. The fourth-order valence-electron chi connectivity index (χ4n) is 2.45. The lowest BCUT2D eigenvalue weighted by Crippen LogP contribution is -2.15. The summed E-state index contributed by atoms with van der Waals surface area (Å²) in [5.74, 6) is 0.652. The summed E-state index contributed by atoms with van der Waals surface area (Å²) in [6.07, 6.45) is 9.17. The Kier molecular flexibility index (Phi) is 5.53. The number of rotatable bonds is 3. The van der Waals surface area contributed by atoms with Gasteiger partial charge < -0.3 is 0 Å². The lowest BCUT2D eigenvalue weighted by molar-refractivity contribution is -0.109. The number of hydrogen-bond acceptors (Lipinski definition) is 2. The Morgan fingerprint density at radius 3 is 2.42 bits per heavy atom. The third kappa shape index (κ3) is 5.04. The van der Waals surface area contributed by atoms with E-state index in [1.165, 1.54) is 30.2 Å². The maximum atomic E-state index is 11.1. The highest BCUT2D eigenvalue weighted by atomic mass is 35.5. The van der Waals surface area contributed by atoms with Crippen molar-refractivity contribution in [3.8, 4) is 0 Å². The zero-order valence-electron chi connectivity index (χ0n) is 11.1. The highest BCUT2D eigenvalue weighted by molar-refractivity contribution is 8.14. The molecule has 0 unspecified atom stereocenters. The van der Waals surface area contributed by atoms with E-state index in [2.05, 4.69) is 12.2 Å². The van der Waals surface area contributed by atoms with Gasteiger partial charge in [-0.1, -0.05) is 47.6 Å². The van der Waals surface area contributed by atoms with Crippen molar-refractivity contribution in [3.63, 3.8) is 0 Å². The van der Waals surface area contributed by atoms with Crippen molar-refractivity contribution in [1.82, 2.24) is 0 Å². The highest BCUT2D eigenvalue weighted by Crippen LogP contribution is 2.33. The van der Waals surface area contributed by atoms with Gasteiger partial charge in [0.15, 0.2) is 5.12 Å². The second-order valence-electron chi connectivity index (χ2n) is 5.06. The molecule has 1 aromatic carbocycles. The van der Waals surface area contributed by atoms with Crippen LogP contribution in [0.25, 0.3) is 6.08 Å². The molecule has 1 fully saturated rings. The predicted molar refractivity (Wildman–Crippen MR) is 84.5 cm³/mol. The molecule has 0 spiro atoms. The zero-order valence-corrected chi connectivity index (χ0v) is 12.7. The van der Waals surface area contributed by atoms with Gasteiger partial charge in [0, 0.05) is 17.2 Å². The summed E-state index contributed by atoms with van der Waals surface area (Å²) in [5.41, 5.74) is 1.20. The Morgan fingerprint density at radius 2 is 1.84 bits per heavy atom. The van der Waals surface area contributed by atoms with Crippen molar-refractivity contribution in [2.75, 3.05) is 0 Å². The summed E-state index contributed by atoms with van der Waals surface area (Å²) in [7, 11) is 0. The zero-order chi connectivity index (χ0) is 13.7. The number of halogens is 1. The molecule has 0 radical (unpaired) electrons. The van der Waals surface area contributed by atoms with E-state index in [-0.39, 0.29) is 5.12 Å². The van der Waals surface area contributed by atoms with Gasteiger partial charge in [0.25, 0.3) is 0 Å². The number of thioether (sulfide) groups is 1. The van der Waals surface area contributed by atoms with Crippen molar-refractivity contribution >= 4 is 34.6 Å². The average molecular weight is 295 g/mol. The predicted octanol–water partition coefficient (Wildman–Crippen LogP) is 5.19. The van der Waals surface area contributed by atoms with Gasteiger partial charge in [0.2, 0.25) is 0 Å². The van der Waals surface area contributed by atoms with Crippen LogP contribution >= 0.6 is 23.4 Å². The molecule has 0 heterocycles. The number of allylic oxidation sites excluding steroid dienone is 1. The molecule has 2 rings (SSSR count). The standard InChI is InChI=1S/C16H19ClOS/c1-12(18)19-16-10-6-14(7-11-16)3-2-13-4-8-15(17)9-5-13/h2-5,8-9,14,16H,6-7,10-11H2,1H3. The second kappa shape index (κ2) is 7.16. The number of carbonyl (C=O) groups excluding carboxylic acids is 1. The van der Waals surface area contributed by atoms with E-state index < -0.39 is 0 Å². The van der Waals surface area contributed by atoms with Gasteiger partial charge in [-0.3, -0.25) is 4.79 Å². The van der Waals surface area contributed by atoms with Crippen LogP contribution in [0.4, 0.5) is 0 Å². The Morgan fingerprint density at radius 1 is 1.21 bits per heavy atom. The minimum atomic E-state index is 0.250. The van der Waals surface area contributed by atoms with Crippen molar-refractivity contribution in [2.24, 2.45) is 5.92 Å². The number of benzene rings is 1. The largest absolute Gasteiger partial charge is 0.288 e. The van der Waals surface area contributed by atoms with Crippen molar-refractivity contribution in [2.45, 2.75) is 37.9 Å². The quantitative estimate of drug-likeness (QED) is 0.763. The van der Waals surface area contributed by atoms with Crippen LogP contribution in [0, 0.1) is 5.92 Å². The lowest BCUT2D eigenvalue weighted by Gasteiger charge is -2.25. The molecule has 3 heteroatoms. The highest BCUT2D eigenvalue weighted by Gasteiger charge is 2.20. The van der Waals surface area contributed by atoms with Crippen LogP contribution in [0.1, 0.15) is 38.2 Å². The van der Waals surface area contributed by atoms with Crippen LogP contribution in [-0.4, -0.2) is 10.4 Å². The maximum Gasteiger partial charge on any atom is 0.186 e. The van der Waals surface area contributed by atoms with Crippen molar-refractivity contribution in [3.05, 3.63) is 40.9 Å². The molecular weight excluding hydrogens is 276 g/mol. The number of hydrogen-bond donors (Lipinski definition) is 0. The molecule has 0 N–H and O–H groups in total. The number of carbonyl (C=O) groups is 1. The van der Waals surface area contributed by atoms with Gasteiger partial charge in [-0.05, 0) is 49.3 Å². The first kappa shape index (κ1) is 14.7. The van der Waals surface area contributed by atoms with Gasteiger partial charge >= 0.3 is 0 Å². The fraction of sp³-hybridized carbons (Fsp3) is 0.438. The molecule has 0 saturated heterocycles. The molecule has 102 valence electrons. The van der Waals surface area contributed by atoms with E-state index in [4.69, 9.17) is 11.6 Å². The first-order valence-electron chi connectivity index (χ1n) is 6.74. The maximum absolute atomic E-state index is 11.1. The molecule has 1 aliphatic rings. The first-order chi connectivity index (χ1) is 9.13. The van der Waals surface area contributed by atoms with Crippen LogP contribution < -0.4 is 0 Å². The SMILES string of the molecule is CC(=O)SC1CCC(C=Cc2ccc(Cl)cc2)CC1. The van der Waals surface area contributed by atoms with Gasteiger partial charge in [-0.15, -0.1) is 0 Å². The van der Waals surface area contributed by atoms with E-state index in [9.17, 15) is 4.79 Å². The van der Waals surface area contributed by atoms with Gasteiger partial charge in [0.05, 0.1) is 0 Å². The van der Waals surface area contributed by atoms with E-state index >= 15 is 0 Å². The van der Waals surface area contributed by atoms with Crippen LogP contribution in [0.2, 0.25) is 5.02 Å². The molecule has 0 bridgehead atoms. The minimum Gasteiger partial charge on any atom is -0.288 e. The summed E-state index contributed by atoms with van der Waals surface area (Å²) < 4.78 is 0. The van der Waals surface area contributed by atoms with E-state index in [0.29, 0.717) is 11.2 Å². The summed E-state index contributed by atoms with van der Waals surface area (Å²) in [4.78, 5) is 11.1. The molecule has 1 saturated carbocycles. The van der Waals surface area contributed by atoms with Gasteiger partial charge in [0.1, 0.15) is 0 Å². The van der Waals surface area contributed by atoms with Crippen LogP contribution in [0.3, 0.4) is 0 Å². The topological polar surface area (TPSA) is 17.1 Å². The third-order valence-electron chi connectivity index (χ3n) is 3.48. The summed E-state index contributed by atoms with van der Waals surface area (Å²) in [6.45, 7) is 1.66. The monoisotopic (exact) mass is 294 g/mol. The molecule has 1 nitrogen and oxygen atoms in total. The Bertz CT molecular complexity index is 444. The van der Waals surface area contributed by atoms with Crippen LogP contribution in [0.15, 0.2) is 30.3 Å². The van der Waals surface area contributed by atoms with E-state index in [0.717, 1.165) is 17.9 Å². The van der Waals surface area contributed by atoms with E-state index in [1.807, 2.05) is 24.3 Å². The smallest absolute Gasteiger partial charge is 0.186 e. The normalized spacial score (nSPS) is 23.7. The molecule has 19 heavy (non-hydrogen) atoms. The van der Waals surface area contributed by atoms with E-state index in [1.54, 1.807) is 6.92 Å². The average Bonchev–Trinajstić information content (AvgIpc) is 2.39. The summed E-state index contributed by atoms with van der Waals surface area (Å²) >= 11 is 7.38. The lowest BCUT2D eigenvalue weighted by atomic mass is 9.88. The Hall–Kier alpha value is -0.730. The molecular formula is C16H19ClOS. The molecule has 0 amide bonds. The Labute approximate surface area is 124 Å². The van der Waals surface area contributed by atoms with Crippen LogP contribution in [0.5, 0.6) is 0 Å². The minimum absolute atomic E-state index is 0.250. The molecule has 0 aromatic heterocycles. The molecule has 0 aliphatic heterocycles. The van der Waals surface area contributed by atoms with Crippen LogP contribution in [-0.2, 0) is 4.79 Å². The fourth-order valence-corrected chi connectivity index (χ4v) is 3.56. The van der Waals surface area contributed by atoms with Gasteiger partial charge in [-0.25, -0.2) is 0 Å². The third-order valence-corrected chi connectivity index (χ3v) is 4.87. The van der Waals surface area contributed by atoms with Gasteiger partial charge in [-0.2, -0.15) is 0 Å². The van der Waals surface area contributed by atoms with Crippen molar-refractivity contribution in [1.29, 1.82) is 0 Å². The second-order valence-corrected chi connectivity index (χ2v) is 6.97. The van der Waals surface area contributed by atoms with Crippen molar-refractivity contribution < 1.29 is 4.79 Å². The summed E-state index contributed by atoms with van der Waals surface area (Å²) in [6, 6.07) is 7.91. The Balaban J connectivity index is 1.82. The molecule has 0 atom stereocenters. The molecule has 1 aromatic rings. The first-order valence-corrected chi connectivity index (χ1v) is 8.00.